The number of allylic oxidation sites excluding steroid dienone is 1. The Morgan fingerprint density at radius 2 is 2.38 bits per heavy atom. The lowest BCUT2D eigenvalue weighted by atomic mass is 10.3. The molecule has 0 bridgehead atoms. The van der Waals surface area contributed by atoms with Gasteiger partial charge in [0.05, 0.1) is 5.71 Å². The molecule has 0 aromatic heterocycles. The Hall–Kier alpha value is -0.310. The van der Waals surface area contributed by atoms with Gasteiger partial charge in [0.25, 0.3) is 0 Å². The van der Waals surface area contributed by atoms with E-state index in [9.17, 15) is 4.39 Å². The molecule has 0 heterocycles. The summed E-state index contributed by atoms with van der Waals surface area (Å²) < 4.78 is 15.3. The van der Waals surface area contributed by atoms with Crippen LogP contribution in [0.15, 0.2) is 16.8 Å². The highest BCUT2D eigenvalue weighted by molar-refractivity contribution is 7.79. The van der Waals surface area contributed by atoms with Crippen molar-refractivity contribution in [2.45, 2.75) is 13.3 Å². The standard InChI is InChI=1S/C5H8FNS/c1-3-5(7-8)4(2)6/h8H,2-3H2,1H3/b7-5+. The fraction of sp³-hybridized carbons (Fsp3) is 0.400. The molecule has 0 saturated carbocycles. The van der Waals surface area contributed by atoms with E-state index < -0.39 is 5.83 Å². The van der Waals surface area contributed by atoms with E-state index in [0.717, 1.165) is 0 Å². The van der Waals surface area contributed by atoms with Crippen molar-refractivity contribution in [1.82, 2.24) is 0 Å². The SMILES string of the molecule is C=C(F)/C(CC)=N/S. The summed E-state index contributed by atoms with van der Waals surface area (Å²) in [6.45, 7) is 4.84. The van der Waals surface area contributed by atoms with Gasteiger partial charge in [0, 0.05) is 0 Å². The van der Waals surface area contributed by atoms with Crippen molar-refractivity contribution in [2.75, 3.05) is 0 Å². The maximum Gasteiger partial charge on any atom is 0.138 e. The first-order valence-corrected chi connectivity index (χ1v) is 2.68. The first kappa shape index (κ1) is 7.69. The van der Waals surface area contributed by atoms with Crippen molar-refractivity contribution in [2.24, 2.45) is 4.40 Å². The van der Waals surface area contributed by atoms with E-state index in [2.05, 4.69) is 23.8 Å². The minimum atomic E-state index is -0.498. The number of thiol groups is 1. The third-order valence-corrected chi connectivity index (χ3v) is 1.01. The normalized spacial score (nSPS) is 11.6. The van der Waals surface area contributed by atoms with Crippen molar-refractivity contribution in [3.05, 3.63) is 12.4 Å². The predicted molar refractivity (Wildman–Crippen MR) is 37.0 cm³/mol. The van der Waals surface area contributed by atoms with Crippen LogP contribution in [-0.2, 0) is 0 Å². The molecule has 0 atom stereocenters. The van der Waals surface area contributed by atoms with Crippen molar-refractivity contribution < 1.29 is 4.39 Å². The van der Waals surface area contributed by atoms with E-state index >= 15 is 0 Å². The minimum absolute atomic E-state index is 0.313. The van der Waals surface area contributed by atoms with Gasteiger partial charge in [-0.3, -0.25) is 0 Å². The number of halogens is 1. The first-order valence-electron chi connectivity index (χ1n) is 2.28. The molecule has 0 radical (unpaired) electrons. The second-order valence-corrected chi connectivity index (χ2v) is 1.51. The molecule has 0 unspecified atom stereocenters. The van der Waals surface area contributed by atoms with Crippen LogP contribution in [0.2, 0.25) is 0 Å². The van der Waals surface area contributed by atoms with Crippen LogP contribution in [-0.4, -0.2) is 5.71 Å². The summed E-state index contributed by atoms with van der Waals surface area (Å²) in [5.41, 5.74) is 0.313. The fourth-order valence-electron chi connectivity index (χ4n) is 0.317. The zero-order chi connectivity index (χ0) is 6.57. The molecule has 0 aliphatic heterocycles. The van der Waals surface area contributed by atoms with E-state index in [1.54, 1.807) is 6.92 Å². The molecular formula is C5H8FNS. The molecule has 0 N–H and O–H groups in total. The molecule has 0 fully saturated rings. The highest BCUT2D eigenvalue weighted by Gasteiger charge is 1.96. The Bertz CT molecular complexity index is 120. The van der Waals surface area contributed by atoms with Crippen LogP contribution in [0, 0.1) is 0 Å². The van der Waals surface area contributed by atoms with Crippen LogP contribution >= 0.6 is 12.8 Å². The van der Waals surface area contributed by atoms with Crippen LogP contribution in [0.3, 0.4) is 0 Å². The number of nitrogens with zero attached hydrogens (tertiary/aromatic N) is 1. The zero-order valence-electron chi connectivity index (χ0n) is 4.69. The molecule has 0 aliphatic rings. The monoisotopic (exact) mass is 133 g/mol. The minimum Gasteiger partial charge on any atom is -0.221 e. The Morgan fingerprint density at radius 3 is 2.38 bits per heavy atom. The molecule has 3 heteroatoms. The molecular weight excluding hydrogens is 125 g/mol. The van der Waals surface area contributed by atoms with Crippen LogP contribution in [0.1, 0.15) is 13.3 Å². The van der Waals surface area contributed by atoms with Gasteiger partial charge in [-0.1, -0.05) is 13.5 Å². The largest absolute Gasteiger partial charge is 0.221 e. The van der Waals surface area contributed by atoms with Gasteiger partial charge in [-0.05, 0) is 19.2 Å². The number of hydrogen-bond acceptors (Lipinski definition) is 2. The molecule has 0 saturated heterocycles. The van der Waals surface area contributed by atoms with Crippen molar-refractivity contribution in [1.29, 1.82) is 0 Å². The molecule has 8 heavy (non-hydrogen) atoms. The molecule has 0 aliphatic carbocycles. The second-order valence-electron chi connectivity index (χ2n) is 1.31. The first-order chi connectivity index (χ1) is 3.72. The number of hydrogen-bond donors (Lipinski definition) is 1. The molecule has 0 aromatic rings. The lowest BCUT2D eigenvalue weighted by Gasteiger charge is -1.91. The molecule has 0 amide bonds. The maximum atomic E-state index is 12.0. The molecule has 1 nitrogen and oxygen atoms in total. The van der Waals surface area contributed by atoms with E-state index in [0.29, 0.717) is 12.1 Å². The summed E-state index contributed by atoms with van der Waals surface area (Å²) in [5.74, 6) is -0.498. The van der Waals surface area contributed by atoms with Gasteiger partial charge in [-0.15, -0.1) is 0 Å². The van der Waals surface area contributed by atoms with Gasteiger partial charge in [0.1, 0.15) is 5.83 Å². The highest BCUT2D eigenvalue weighted by atomic mass is 32.1. The summed E-state index contributed by atoms with van der Waals surface area (Å²) in [7, 11) is 0. The average Bonchev–Trinajstić information content (AvgIpc) is 1.69. The van der Waals surface area contributed by atoms with Gasteiger partial charge in [-0.25, -0.2) is 8.79 Å². The van der Waals surface area contributed by atoms with Gasteiger partial charge in [-0.2, -0.15) is 0 Å². The fourth-order valence-corrected chi connectivity index (χ4v) is 0.567. The van der Waals surface area contributed by atoms with Crippen LogP contribution in [0.5, 0.6) is 0 Å². The van der Waals surface area contributed by atoms with Crippen molar-refractivity contribution >= 4 is 18.5 Å². The lowest BCUT2D eigenvalue weighted by molar-refractivity contribution is 0.682. The van der Waals surface area contributed by atoms with E-state index in [-0.39, 0.29) is 0 Å². The van der Waals surface area contributed by atoms with Gasteiger partial charge in [0.2, 0.25) is 0 Å². The smallest absolute Gasteiger partial charge is 0.138 e. The zero-order valence-corrected chi connectivity index (χ0v) is 5.58. The topological polar surface area (TPSA) is 12.4 Å². The van der Waals surface area contributed by atoms with E-state index in [1.807, 2.05) is 0 Å². The van der Waals surface area contributed by atoms with Crippen molar-refractivity contribution in [3.63, 3.8) is 0 Å². The molecule has 0 rings (SSSR count). The predicted octanol–water partition coefficient (Wildman–Crippen LogP) is 2.17. The molecule has 0 aromatic carbocycles. The van der Waals surface area contributed by atoms with Gasteiger partial charge < -0.3 is 0 Å². The Kier molecular flexibility index (Phi) is 3.52. The van der Waals surface area contributed by atoms with Crippen LogP contribution in [0.4, 0.5) is 4.39 Å². The summed E-state index contributed by atoms with van der Waals surface area (Å²) in [5, 5.41) is 0. The summed E-state index contributed by atoms with van der Waals surface area (Å²) in [6.07, 6.45) is 0.541. The maximum absolute atomic E-state index is 12.0. The van der Waals surface area contributed by atoms with E-state index in [4.69, 9.17) is 0 Å². The molecule has 46 valence electrons. The quantitative estimate of drug-likeness (QED) is 0.438. The highest BCUT2D eigenvalue weighted by Crippen LogP contribution is 2.01. The molecule has 0 spiro atoms. The van der Waals surface area contributed by atoms with Gasteiger partial charge in [0.15, 0.2) is 0 Å². The lowest BCUT2D eigenvalue weighted by Crippen LogP contribution is -1.92. The third-order valence-electron chi connectivity index (χ3n) is 0.769. The van der Waals surface area contributed by atoms with E-state index in [1.165, 1.54) is 0 Å². The Morgan fingerprint density at radius 1 is 1.88 bits per heavy atom. The van der Waals surface area contributed by atoms with Crippen molar-refractivity contribution in [3.8, 4) is 0 Å². The summed E-state index contributed by atoms with van der Waals surface area (Å²) in [6, 6.07) is 0. The van der Waals surface area contributed by atoms with Crippen LogP contribution in [0.25, 0.3) is 0 Å². The second kappa shape index (κ2) is 3.66. The Labute approximate surface area is 53.9 Å². The van der Waals surface area contributed by atoms with Crippen LogP contribution < -0.4 is 0 Å². The Balaban J connectivity index is 3.92. The third kappa shape index (κ3) is 2.12. The summed E-state index contributed by atoms with van der Waals surface area (Å²) >= 11 is 3.52. The van der Waals surface area contributed by atoms with Gasteiger partial charge >= 0.3 is 0 Å². The average molecular weight is 133 g/mol. The summed E-state index contributed by atoms with van der Waals surface area (Å²) in [4.78, 5) is 0. The number of rotatable bonds is 2.